The summed E-state index contributed by atoms with van der Waals surface area (Å²) < 4.78 is 7.17. The van der Waals surface area contributed by atoms with Crippen LogP contribution >= 0.6 is 11.3 Å². The molecule has 0 radical (unpaired) electrons. The number of thiophene rings is 1. The minimum absolute atomic E-state index is 0.547. The molecule has 4 aromatic heterocycles. The van der Waals surface area contributed by atoms with E-state index >= 15 is 0 Å². The fraction of sp³-hybridized carbons (Fsp3) is 0.250. The van der Waals surface area contributed by atoms with Gasteiger partial charge >= 0.3 is 0 Å². The molecule has 122 valence electrons. The molecular weight excluding hydrogens is 324 g/mol. The van der Waals surface area contributed by atoms with Gasteiger partial charge in [-0.15, -0.1) is 11.3 Å². The first-order valence-corrected chi connectivity index (χ1v) is 8.51. The van der Waals surface area contributed by atoms with Crippen LogP contribution in [0.25, 0.3) is 5.78 Å². The normalized spacial score (nSPS) is 11.2. The number of rotatable bonds is 6. The molecule has 0 bridgehead atoms. The molecule has 0 aliphatic rings. The number of fused-ring (bicyclic) bond motifs is 1. The van der Waals surface area contributed by atoms with E-state index in [0.29, 0.717) is 18.2 Å². The van der Waals surface area contributed by atoms with Gasteiger partial charge in [-0.2, -0.15) is 14.6 Å². The fourth-order valence-corrected chi connectivity index (χ4v) is 3.54. The van der Waals surface area contributed by atoms with E-state index in [1.807, 2.05) is 17.4 Å². The predicted molar refractivity (Wildman–Crippen MR) is 90.9 cm³/mol. The van der Waals surface area contributed by atoms with Crippen LogP contribution in [0.4, 0.5) is 5.82 Å². The Bertz CT molecular complexity index is 929. The first kappa shape index (κ1) is 14.8. The highest BCUT2D eigenvalue weighted by atomic mass is 32.1. The van der Waals surface area contributed by atoms with Gasteiger partial charge in [0.15, 0.2) is 0 Å². The van der Waals surface area contributed by atoms with Crippen molar-refractivity contribution >= 4 is 22.9 Å². The Morgan fingerprint density at radius 3 is 2.79 bits per heavy atom. The van der Waals surface area contributed by atoms with Gasteiger partial charge in [-0.25, -0.2) is 9.97 Å². The molecular formula is C16H16N6OS. The summed E-state index contributed by atoms with van der Waals surface area (Å²) in [6.45, 7) is 3.46. The minimum atomic E-state index is 0.547. The number of hydrogen-bond donors (Lipinski definition) is 0. The molecule has 4 rings (SSSR count). The molecule has 0 unspecified atom stereocenters. The summed E-state index contributed by atoms with van der Waals surface area (Å²) in [4.78, 5) is 17.5. The lowest BCUT2D eigenvalue weighted by molar-refractivity contribution is 0.485. The lowest BCUT2D eigenvalue weighted by atomic mass is 10.3. The zero-order chi connectivity index (χ0) is 16.4. The number of hydrogen-bond acceptors (Lipinski definition) is 7. The Morgan fingerprint density at radius 1 is 1.08 bits per heavy atom. The van der Waals surface area contributed by atoms with Gasteiger partial charge < -0.3 is 9.32 Å². The van der Waals surface area contributed by atoms with E-state index in [2.05, 4.69) is 44.0 Å². The average molecular weight is 340 g/mol. The van der Waals surface area contributed by atoms with Crippen molar-refractivity contribution in [1.82, 2.24) is 24.6 Å². The largest absolute Gasteiger partial charge is 0.447 e. The Balaban J connectivity index is 1.70. The summed E-state index contributed by atoms with van der Waals surface area (Å²) in [5.74, 6) is 2.14. The van der Waals surface area contributed by atoms with Crippen LogP contribution in [0.5, 0.6) is 0 Å². The van der Waals surface area contributed by atoms with E-state index in [1.54, 1.807) is 23.2 Å². The van der Waals surface area contributed by atoms with E-state index in [9.17, 15) is 0 Å². The van der Waals surface area contributed by atoms with Gasteiger partial charge in [0, 0.05) is 16.0 Å². The van der Waals surface area contributed by atoms with Gasteiger partial charge in [-0.3, -0.25) is 0 Å². The van der Waals surface area contributed by atoms with E-state index in [0.717, 1.165) is 18.8 Å². The molecule has 0 N–H and O–H groups in total. The second-order valence-corrected chi connectivity index (χ2v) is 6.53. The zero-order valence-electron chi connectivity index (χ0n) is 13.2. The van der Waals surface area contributed by atoms with Crippen LogP contribution in [0, 0.1) is 0 Å². The van der Waals surface area contributed by atoms with Crippen molar-refractivity contribution < 1.29 is 4.42 Å². The van der Waals surface area contributed by atoms with Gasteiger partial charge in [0.2, 0.25) is 5.89 Å². The number of aromatic nitrogens is 5. The van der Waals surface area contributed by atoms with Gasteiger partial charge in [0.05, 0.1) is 19.3 Å². The molecule has 0 aromatic carbocycles. The monoisotopic (exact) mass is 340 g/mol. The molecule has 4 aromatic rings. The van der Waals surface area contributed by atoms with Crippen molar-refractivity contribution in [3.8, 4) is 0 Å². The van der Waals surface area contributed by atoms with Crippen molar-refractivity contribution in [3.63, 3.8) is 0 Å². The van der Waals surface area contributed by atoms with Crippen molar-refractivity contribution in [2.75, 3.05) is 4.90 Å². The van der Waals surface area contributed by atoms with E-state index in [4.69, 9.17) is 4.42 Å². The maximum absolute atomic E-state index is 5.43. The third kappa shape index (κ3) is 2.88. The fourth-order valence-electron chi connectivity index (χ4n) is 2.56. The topological polar surface area (TPSA) is 72.3 Å². The third-order valence-corrected chi connectivity index (χ3v) is 4.92. The summed E-state index contributed by atoms with van der Waals surface area (Å²) in [6, 6.07) is 6.28. The van der Waals surface area contributed by atoms with Crippen LogP contribution in [-0.4, -0.2) is 24.6 Å². The van der Waals surface area contributed by atoms with Crippen LogP contribution in [-0.2, 0) is 19.5 Å². The maximum Gasteiger partial charge on any atom is 0.254 e. The van der Waals surface area contributed by atoms with Gasteiger partial charge in [0.1, 0.15) is 18.4 Å². The number of anilines is 1. The molecule has 0 saturated carbocycles. The zero-order valence-corrected chi connectivity index (χ0v) is 14.0. The summed E-state index contributed by atoms with van der Waals surface area (Å²) >= 11 is 1.82. The highest BCUT2D eigenvalue weighted by Gasteiger charge is 2.16. The smallest absolute Gasteiger partial charge is 0.254 e. The molecule has 0 fully saturated rings. The highest BCUT2D eigenvalue weighted by Crippen LogP contribution is 2.24. The minimum Gasteiger partial charge on any atom is -0.447 e. The van der Waals surface area contributed by atoms with Crippen LogP contribution < -0.4 is 4.90 Å². The average Bonchev–Trinajstić information content (AvgIpc) is 3.35. The van der Waals surface area contributed by atoms with Crippen molar-refractivity contribution in [3.05, 3.63) is 58.8 Å². The molecule has 7 nitrogen and oxygen atoms in total. The van der Waals surface area contributed by atoms with Crippen molar-refractivity contribution in [1.29, 1.82) is 0 Å². The Kier molecular flexibility index (Phi) is 3.96. The van der Waals surface area contributed by atoms with Crippen LogP contribution in [0.2, 0.25) is 0 Å². The van der Waals surface area contributed by atoms with E-state index in [-0.39, 0.29) is 0 Å². The van der Waals surface area contributed by atoms with Crippen LogP contribution in [0.1, 0.15) is 22.6 Å². The van der Waals surface area contributed by atoms with Gasteiger partial charge in [-0.1, -0.05) is 6.92 Å². The molecule has 0 aliphatic heterocycles. The van der Waals surface area contributed by atoms with Gasteiger partial charge in [-0.05, 0) is 24.6 Å². The second-order valence-electron chi connectivity index (χ2n) is 5.28. The standard InChI is InChI=1S/C16H16N6OS/c1-2-12-3-4-13(24-12)9-21(10-14-17-7-8-23-14)15-5-6-18-16-19-11-20-22(15)16/h3-8,11H,2,9-10H2,1H3. The van der Waals surface area contributed by atoms with Crippen LogP contribution in [0.3, 0.4) is 0 Å². The predicted octanol–water partition coefficient (Wildman–Crippen LogP) is 2.94. The quantitative estimate of drug-likeness (QED) is 0.537. The Hall–Kier alpha value is -2.74. The van der Waals surface area contributed by atoms with E-state index < -0.39 is 0 Å². The molecule has 0 aliphatic carbocycles. The van der Waals surface area contributed by atoms with Gasteiger partial charge in [0.25, 0.3) is 5.78 Å². The third-order valence-electron chi connectivity index (χ3n) is 3.71. The number of oxazole rings is 1. The molecule has 0 spiro atoms. The molecule has 0 saturated heterocycles. The number of aryl methyl sites for hydroxylation is 1. The lowest BCUT2D eigenvalue weighted by Crippen LogP contribution is -2.24. The molecule has 24 heavy (non-hydrogen) atoms. The molecule has 4 heterocycles. The first-order valence-electron chi connectivity index (χ1n) is 7.69. The second kappa shape index (κ2) is 6.40. The molecule has 8 heteroatoms. The summed E-state index contributed by atoms with van der Waals surface area (Å²) in [5.41, 5.74) is 0. The lowest BCUT2D eigenvalue weighted by Gasteiger charge is -2.22. The Morgan fingerprint density at radius 2 is 2.00 bits per heavy atom. The molecule has 0 amide bonds. The highest BCUT2D eigenvalue weighted by molar-refractivity contribution is 7.12. The maximum atomic E-state index is 5.43. The first-order chi connectivity index (χ1) is 11.8. The van der Waals surface area contributed by atoms with Crippen LogP contribution in [0.15, 0.2) is 47.6 Å². The van der Waals surface area contributed by atoms with Crippen molar-refractivity contribution in [2.45, 2.75) is 26.4 Å². The SMILES string of the molecule is CCc1ccc(CN(Cc2ncco2)c2ccnc3ncnn23)s1. The molecule has 0 atom stereocenters. The summed E-state index contributed by atoms with van der Waals surface area (Å²) in [7, 11) is 0. The summed E-state index contributed by atoms with van der Waals surface area (Å²) in [6.07, 6.45) is 7.55. The Labute approximate surface area is 142 Å². The van der Waals surface area contributed by atoms with Crippen molar-refractivity contribution in [2.24, 2.45) is 0 Å². The number of nitrogens with zero attached hydrogens (tertiary/aromatic N) is 6. The van der Waals surface area contributed by atoms with E-state index in [1.165, 1.54) is 16.1 Å². The summed E-state index contributed by atoms with van der Waals surface area (Å²) in [5, 5.41) is 4.29.